The third-order valence-corrected chi connectivity index (χ3v) is 3.96. The van der Waals surface area contributed by atoms with Crippen LogP contribution in [0.4, 0.5) is 0 Å². The molecule has 0 aliphatic carbocycles. The minimum absolute atomic E-state index is 0.0680. The van der Waals surface area contributed by atoms with Crippen LogP contribution < -0.4 is 0 Å². The van der Waals surface area contributed by atoms with E-state index in [4.69, 9.17) is 5.11 Å². The van der Waals surface area contributed by atoms with Gasteiger partial charge in [-0.1, -0.05) is 12.1 Å². The monoisotopic (exact) mass is 281 g/mol. The Bertz CT molecular complexity index is 505. The summed E-state index contributed by atoms with van der Waals surface area (Å²) in [4.78, 5) is 25.6. The van der Waals surface area contributed by atoms with E-state index in [0.717, 1.165) is 4.90 Å². The molecule has 1 aromatic carbocycles. The number of carbonyl (C=O) groups is 2. The first kappa shape index (κ1) is 13.9. The number of nitrogens with zero attached hydrogens (tertiary/aromatic N) is 1. The molecule has 5 nitrogen and oxygen atoms in total. The number of aliphatic hydroxyl groups excluding tert-OH is 1. The lowest BCUT2D eigenvalue weighted by molar-refractivity contribution is -0.141. The van der Waals surface area contributed by atoms with E-state index in [9.17, 15) is 14.7 Å². The molecule has 0 bridgehead atoms. The molecule has 2 N–H and O–H groups in total. The van der Waals surface area contributed by atoms with Gasteiger partial charge in [0, 0.05) is 17.9 Å². The van der Waals surface area contributed by atoms with E-state index in [1.54, 1.807) is 12.1 Å². The summed E-state index contributed by atoms with van der Waals surface area (Å²) in [6.07, 6.45) is 1.17. The van der Waals surface area contributed by atoms with Crippen molar-refractivity contribution in [2.75, 3.05) is 12.8 Å². The van der Waals surface area contributed by atoms with Crippen molar-refractivity contribution < 1.29 is 19.8 Å². The van der Waals surface area contributed by atoms with Gasteiger partial charge in [-0.3, -0.25) is 4.79 Å². The van der Waals surface area contributed by atoms with Crippen molar-refractivity contribution in [1.29, 1.82) is 0 Å². The Morgan fingerprint density at radius 3 is 2.68 bits per heavy atom. The van der Waals surface area contributed by atoms with Crippen LogP contribution in [0.5, 0.6) is 0 Å². The molecule has 0 radical (unpaired) electrons. The fraction of sp³-hybridized carbons (Fsp3) is 0.385. The Labute approximate surface area is 115 Å². The molecule has 2 rings (SSSR count). The van der Waals surface area contributed by atoms with Crippen molar-refractivity contribution >= 4 is 23.6 Å². The van der Waals surface area contributed by atoms with E-state index >= 15 is 0 Å². The smallest absolute Gasteiger partial charge is 0.326 e. The lowest BCUT2D eigenvalue weighted by atomic mass is 10.1. The van der Waals surface area contributed by atoms with Gasteiger partial charge in [0.15, 0.2) is 0 Å². The Morgan fingerprint density at radius 1 is 1.37 bits per heavy atom. The van der Waals surface area contributed by atoms with Crippen LogP contribution >= 0.6 is 11.8 Å². The summed E-state index contributed by atoms with van der Waals surface area (Å²) >= 11 is 1.44. The molecule has 1 unspecified atom stereocenters. The van der Waals surface area contributed by atoms with Gasteiger partial charge in [-0.15, -0.1) is 11.8 Å². The molecule has 1 aliphatic rings. The van der Waals surface area contributed by atoms with Crippen molar-refractivity contribution in [3.63, 3.8) is 0 Å². The predicted octanol–water partition coefficient (Wildman–Crippen LogP) is 1.07. The van der Waals surface area contributed by atoms with Crippen molar-refractivity contribution in [3.05, 3.63) is 29.8 Å². The molecule has 1 heterocycles. The van der Waals surface area contributed by atoms with Crippen molar-refractivity contribution in [1.82, 2.24) is 4.90 Å². The van der Waals surface area contributed by atoms with Crippen LogP contribution in [0.1, 0.15) is 16.8 Å². The highest BCUT2D eigenvalue weighted by Crippen LogP contribution is 2.26. The molecule has 1 aromatic rings. The lowest BCUT2D eigenvalue weighted by Crippen LogP contribution is -2.40. The van der Waals surface area contributed by atoms with Crippen molar-refractivity contribution in [3.8, 4) is 0 Å². The standard InChI is InChI=1S/C13H15NO4S/c1-19-11-5-3-2-4-9(11)12(16)14-7-8(15)6-10(14)13(17)18/h2-5,8,10,15H,6-7H2,1H3,(H,17,18)/t8?,10-/m0/s1. The molecule has 6 heteroatoms. The molecular formula is C13H15NO4S. The first-order valence-corrected chi connectivity index (χ1v) is 7.12. The SMILES string of the molecule is CSc1ccccc1C(=O)N1CC(O)C[C@H]1C(=O)O. The van der Waals surface area contributed by atoms with E-state index < -0.39 is 18.1 Å². The Balaban J connectivity index is 2.30. The molecular weight excluding hydrogens is 266 g/mol. The fourth-order valence-corrected chi connectivity index (χ4v) is 2.84. The number of β-amino-alcohol motifs (C(OH)–C–C–N with tert-alkyl or cyclic N) is 1. The minimum atomic E-state index is -1.08. The number of benzene rings is 1. The maximum Gasteiger partial charge on any atom is 0.326 e. The zero-order valence-corrected chi connectivity index (χ0v) is 11.3. The van der Waals surface area contributed by atoms with E-state index in [-0.39, 0.29) is 18.9 Å². The highest BCUT2D eigenvalue weighted by molar-refractivity contribution is 7.98. The van der Waals surface area contributed by atoms with Gasteiger partial charge in [0.2, 0.25) is 0 Å². The van der Waals surface area contributed by atoms with E-state index in [2.05, 4.69) is 0 Å². The molecule has 0 spiro atoms. The Morgan fingerprint density at radius 2 is 2.05 bits per heavy atom. The summed E-state index contributed by atoms with van der Waals surface area (Å²) in [5.74, 6) is -1.42. The van der Waals surface area contributed by atoms with Gasteiger partial charge >= 0.3 is 5.97 Å². The lowest BCUT2D eigenvalue weighted by Gasteiger charge is -2.22. The van der Waals surface area contributed by atoms with Gasteiger partial charge in [0.25, 0.3) is 5.91 Å². The first-order valence-electron chi connectivity index (χ1n) is 5.89. The van der Waals surface area contributed by atoms with Crippen LogP contribution in [0.3, 0.4) is 0 Å². The van der Waals surface area contributed by atoms with Crippen LogP contribution in [-0.2, 0) is 4.79 Å². The predicted molar refractivity (Wildman–Crippen MR) is 71.3 cm³/mol. The number of hydrogen-bond donors (Lipinski definition) is 2. The molecule has 1 aliphatic heterocycles. The van der Waals surface area contributed by atoms with Gasteiger partial charge in [-0.05, 0) is 18.4 Å². The van der Waals surface area contributed by atoms with Gasteiger partial charge < -0.3 is 15.1 Å². The summed E-state index contributed by atoms with van der Waals surface area (Å²) in [5.41, 5.74) is 0.482. The van der Waals surface area contributed by atoms with Crippen LogP contribution in [-0.4, -0.2) is 51.9 Å². The molecule has 0 aromatic heterocycles. The zero-order valence-electron chi connectivity index (χ0n) is 10.4. The van der Waals surface area contributed by atoms with Crippen molar-refractivity contribution in [2.24, 2.45) is 0 Å². The summed E-state index contributed by atoms with van der Waals surface area (Å²) < 4.78 is 0. The molecule has 0 saturated carbocycles. The normalized spacial score (nSPS) is 22.5. The van der Waals surface area contributed by atoms with Crippen LogP contribution in [0, 0.1) is 0 Å². The highest BCUT2D eigenvalue weighted by atomic mass is 32.2. The number of thioether (sulfide) groups is 1. The topological polar surface area (TPSA) is 77.8 Å². The zero-order chi connectivity index (χ0) is 14.0. The second-order valence-corrected chi connectivity index (χ2v) is 5.25. The quantitative estimate of drug-likeness (QED) is 0.810. The average molecular weight is 281 g/mol. The second kappa shape index (κ2) is 5.63. The number of likely N-dealkylation sites (tertiary alicyclic amines) is 1. The molecule has 1 amide bonds. The third-order valence-electron chi connectivity index (χ3n) is 3.16. The van der Waals surface area contributed by atoms with Crippen LogP contribution in [0.15, 0.2) is 29.2 Å². The number of carboxylic acid groups (broad SMARTS) is 1. The van der Waals surface area contributed by atoms with E-state index in [1.165, 1.54) is 16.7 Å². The molecule has 2 atom stereocenters. The van der Waals surface area contributed by atoms with E-state index in [1.807, 2.05) is 18.4 Å². The van der Waals surface area contributed by atoms with Crippen LogP contribution in [0.2, 0.25) is 0 Å². The third kappa shape index (κ3) is 2.74. The summed E-state index contributed by atoms with van der Waals surface area (Å²) in [6, 6.07) is 6.13. The molecule has 102 valence electrons. The van der Waals surface area contributed by atoms with Gasteiger partial charge in [0.05, 0.1) is 11.7 Å². The fourth-order valence-electron chi connectivity index (χ4n) is 2.25. The summed E-state index contributed by atoms with van der Waals surface area (Å²) in [7, 11) is 0. The van der Waals surface area contributed by atoms with Crippen molar-refractivity contribution in [2.45, 2.75) is 23.5 Å². The largest absolute Gasteiger partial charge is 0.480 e. The number of rotatable bonds is 3. The Hall–Kier alpha value is -1.53. The molecule has 1 fully saturated rings. The number of amides is 1. The first-order chi connectivity index (χ1) is 9.04. The maximum absolute atomic E-state index is 12.4. The average Bonchev–Trinajstić information content (AvgIpc) is 2.80. The second-order valence-electron chi connectivity index (χ2n) is 4.40. The number of aliphatic carboxylic acids is 1. The number of aliphatic hydroxyl groups is 1. The Kier molecular flexibility index (Phi) is 4.11. The number of carbonyl (C=O) groups excluding carboxylic acids is 1. The minimum Gasteiger partial charge on any atom is -0.480 e. The maximum atomic E-state index is 12.4. The van der Waals surface area contributed by atoms with Gasteiger partial charge in [-0.2, -0.15) is 0 Å². The van der Waals surface area contributed by atoms with E-state index in [0.29, 0.717) is 5.56 Å². The number of carboxylic acids is 1. The van der Waals surface area contributed by atoms with Crippen LogP contribution in [0.25, 0.3) is 0 Å². The molecule has 19 heavy (non-hydrogen) atoms. The highest BCUT2D eigenvalue weighted by Gasteiger charge is 2.39. The summed E-state index contributed by atoms with van der Waals surface area (Å²) in [6.45, 7) is 0.0680. The van der Waals surface area contributed by atoms with Gasteiger partial charge in [-0.25, -0.2) is 4.79 Å². The summed E-state index contributed by atoms with van der Waals surface area (Å²) in [5, 5.41) is 18.7. The molecule has 1 saturated heterocycles. The van der Waals surface area contributed by atoms with Gasteiger partial charge in [0.1, 0.15) is 6.04 Å². The number of hydrogen-bond acceptors (Lipinski definition) is 4.